The predicted octanol–water partition coefficient (Wildman–Crippen LogP) is 3.13. The average molecular weight is 268 g/mol. The molecule has 1 aromatic carbocycles. The van der Waals surface area contributed by atoms with Crippen LogP contribution in [0.1, 0.15) is 25.8 Å². The number of halogens is 1. The zero-order valence-electron chi connectivity index (χ0n) is 11.1. The molecule has 0 aromatic heterocycles. The van der Waals surface area contributed by atoms with E-state index in [-0.39, 0.29) is 5.82 Å². The summed E-state index contributed by atoms with van der Waals surface area (Å²) in [7, 11) is 0. The second kappa shape index (κ2) is 5.49. The first-order valence-electron chi connectivity index (χ1n) is 6.36. The molecular weight excluding hydrogens is 247 g/mol. The quantitative estimate of drug-likeness (QED) is 0.836. The Bertz CT molecular complexity index is 420. The van der Waals surface area contributed by atoms with E-state index in [1.165, 1.54) is 6.07 Å². The Balaban J connectivity index is 2.03. The first-order valence-corrected chi connectivity index (χ1v) is 7.35. The van der Waals surface area contributed by atoms with E-state index in [1.54, 1.807) is 12.1 Å². The van der Waals surface area contributed by atoms with Gasteiger partial charge in [-0.3, -0.25) is 4.90 Å². The van der Waals surface area contributed by atoms with Crippen molar-refractivity contribution in [1.29, 1.82) is 0 Å². The van der Waals surface area contributed by atoms with Crippen molar-refractivity contribution in [2.75, 3.05) is 24.6 Å². The molecule has 100 valence electrons. The van der Waals surface area contributed by atoms with E-state index in [2.05, 4.69) is 18.7 Å². The monoisotopic (exact) mass is 268 g/mol. The van der Waals surface area contributed by atoms with Crippen molar-refractivity contribution >= 4 is 17.4 Å². The minimum atomic E-state index is -0.205. The van der Waals surface area contributed by atoms with Gasteiger partial charge >= 0.3 is 0 Å². The number of benzene rings is 1. The highest BCUT2D eigenvalue weighted by Gasteiger charge is 2.23. The van der Waals surface area contributed by atoms with Crippen molar-refractivity contribution in [3.63, 3.8) is 0 Å². The molecule has 18 heavy (non-hydrogen) atoms. The molecule has 0 unspecified atom stereocenters. The molecule has 0 aliphatic carbocycles. The highest BCUT2D eigenvalue weighted by Crippen LogP contribution is 2.31. The standard InChI is InChI=1S/C14H21FN2S/c1-14(2)5-6-17(7-8-18-14)10-11-9-12(15)3-4-13(11)16/h3-4,9H,5-8,10,16H2,1-2H3. The molecule has 1 aromatic rings. The molecule has 2 rings (SSSR count). The Morgan fingerprint density at radius 2 is 2.17 bits per heavy atom. The fourth-order valence-corrected chi connectivity index (χ4v) is 3.31. The van der Waals surface area contributed by atoms with Gasteiger partial charge in [-0.05, 0) is 36.7 Å². The van der Waals surface area contributed by atoms with Gasteiger partial charge in [0.15, 0.2) is 0 Å². The van der Waals surface area contributed by atoms with Crippen LogP contribution in [-0.4, -0.2) is 28.5 Å². The zero-order valence-corrected chi connectivity index (χ0v) is 11.9. The van der Waals surface area contributed by atoms with Crippen LogP contribution in [0.3, 0.4) is 0 Å². The summed E-state index contributed by atoms with van der Waals surface area (Å²) >= 11 is 2.02. The van der Waals surface area contributed by atoms with Gasteiger partial charge in [0.2, 0.25) is 0 Å². The summed E-state index contributed by atoms with van der Waals surface area (Å²) < 4.78 is 13.6. The number of rotatable bonds is 2. The van der Waals surface area contributed by atoms with Crippen LogP contribution in [0.2, 0.25) is 0 Å². The summed E-state index contributed by atoms with van der Waals surface area (Å²) in [6.07, 6.45) is 1.16. The molecule has 0 spiro atoms. The van der Waals surface area contributed by atoms with Gasteiger partial charge < -0.3 is 5.73 Å². The van der Waals surface area contributed by atoms with Crippen LogP contribution < -0.4 is 5.73 Å². The predicted molar refractivity (Wildman–Crippen MR) is 77.2 cm³/mol. The summed E-state index contributed by atoms with van der Waals surface area (Å²) in [4.78, 5) is 2.37. The number of hydrogen-bond acceptors (Lipinski definition) is 3. The molecule has 2 nitrogen and oxygen atoms in total. The Hall–Kier alpha value is -0.740. The molecule has 0 bridgehead atoms. The Morgan fingerprint density at radius 3 is 2.94 bits per heavy atom. The number of nitrogen functional groups attached to an aromatic ring is 1. The van der Waals surface area contributed by atoms with Crippen LogP contribution >= 0.6 is 11.8 Å². The Labute approximate surface area is 113 Å². The summed E-state index contributed by atoms with van der Waals surface area (Å²) in [6.45, 7) is 7.43. The summed E-state index contributed by atoms with van der Waals surface area (Å²) in [5, 5.41) is 0. The molecule has 1 aliphatic heterocycles. The molecule has 1 fully saturated rings. The third-order valence-electron chi connectivity index (χ3n) is 3.43. The third kappa shape index (κ3) is 3.62. The van der Waals surface area contributed by atoms with Crippen molar-refractivity contribution in [2.45, 2.75) is 31.6 Å². The highest BCUT2D eigenvalue weighted by atomic mass is 32.2. The fraction of sp³-hybridized carbons (Fsp3) is 0.571. The molecule has 0 radical (unpaired) electrons. The van der Waals surface area contributed by atoms with Gasteiger partial charge in [-0.2, -0.15) is 11.8 Å². The van der Waals surface area contributed by atoms with Crippen LogP contribution in [0.5, 0.6) is 0 Å². The maximum atomic E-state index is 13.2. The molecule has 1 heterocycles. The maximum absolute atomic E-state index is 13.2. The van der Waals surface area contributed by atoms with Crippen molar-refractivity contribution in [3.8, 4) is 0 Å². The van der Waals surface area contributed by atoms with Crippen LogP contribution in [-0.2, 0) is 6.54 Å². The Morgan fingerprint density at radius 1 is 1.39 bits per heavy atom. The van der Waals surface area contributed by atoms with E-state index in [1.807, 2.05) is 11.8 Å². The van der Waals surface area contributed by atoms with Crippen LogP contribution in [0.15, 0.2) is 18.2 Å². The second-order valence-corrected chi connectivity index (χ2v) is 7.28. The van der Waals surface area contributed by atoms with Gasteiger partial charge in [-0.15, -0.1) is 0 Å². The van der Waals surface area contributed by atoms with Gasteiger partial charge in [0.25, 0.3) is 0 Å². The van der Waals surface area contributed by atoms with Gasteiger partial charge in [0, 0.05) is 29.3 Å². The molecule has 0 atom stereocenters. The van der Waals surface area contributed by atoms with E-state index in [0.717, 1.165) is 37.4 Å². The molecule has 4 heteroatoms. The van der Waals surface area contributed by atoms with Gasteiger partial charge in [0.05, 0.1) is 0 Å². The molecular formula is C14H21FN2S. The maximum Gasteiger partial charge on any atom is 0.123 e. The molecule has 2 N–H and O–H groups in total. The zero-order chi connectivity index (χ0) is 13.2. The Kier molecular flexibility index (Phi) is 4.17. The topological polar surface area (TPSA) is 29.3 Å². The van der Waals surface area contributed by atoms with Gasteiger partial charge in [0.1, 0.15) is 5.82 Å². The van der Waals surface area contributed by atoms with E-state index in [9.17, 15) is 4.39 Å². The fourth-order valence-electron chi connectivity index (χ4n) is 2.17. The molecule has 1 aliphatic rings. The van der Waals surface area contributed by atoms with E-state index < -0.39 is 0 Å². The smallest absolute Gasteiger partial charge is 0.123 e. The third-order valence-corrected chi connectivity index (χ3v) is 4.80. The lowest BCUT2D eigenvalue weighted by molar-refractivity contribution is 0.276. The van der Waals surface area contributed by atoms with Crippen molar-refractivity contribution < 1.29 is 4.39 Å². The van der Waals surface area contributed by atoms with Gasteiger partial charge in [-0.25, -0.2) is 4.39 Å². The number of anilines is 1. The summed E-state index contributed by atoms with van der Waals surface area (Å²) in [6, 6.07) is 4.62. The summed E-state index contributed by atoms with van der Waals surface area (Å²) in [5.74, 6) is 0.922. The highest BCUT2D eigenvalue weighted by molar-refractivity contribution is 8.00. The SMILES string of the molecule is CC1(C)CCN(Cc2cc(F)ccc2N)CCS1. The van der Waals surface area contributed by atoms with Crippen molar-refractivity contribution in [2.24, 2.45) is 0 Å². The van der Waals surface area contributed by atoms with Crippen LogP contribution in [0.25, 0.3) is 0 Å². The lowest BCUT2D eigenvalue weighted by atomic mass is 10.1. The van der Waals surface area contributed by atoms with Gasteiger partial charge in [-0.1, -0.05) is 13.8 Å². The van der Waals surface area contributed by atoms with Crippen LogP contribution in [0.4, 0.5) is 10.1 Å². The van der Waals surface area contributed by atoms with E-state index in [0.29, 0.717) is 10.4 Å². The number of thioether (sulfide) groups is 1. The first-order chi connectivity index (χ1) is 8.46. The average Bonchev–Trinajstić information content (AvgIpc) is 2.46. The van der Waals surface area contributed by atoms with E-state index in [4.69, 9.17) is 5.73 Å². The van der Waals surface area contributed by atoms with E-state index >= 15 is 0 Å². The number of nitrogens with two attached hydrogens (primary N) is 1. The number of nitrogens with zero attached hydrogens (tertiary/aromatic N) is 1. The first kappa shape index (κ1) is 13.7. The van der Waals surface area contributed by atoms with Crippen molar-refractivity contribution in [1.82, 2.24) is 4.90 Å². The molecule has 1 saturated heterocycles. The number of hydrogen-bond donors (Lipinski definition) is 1. The van der Waals surface area contributed by atoms with Crippen molar-refractivity contribution in [3.05, 3.63) is 29.6 Å². The molecule has 0 saturated carbocycles. The lowest BCUT2D eigenvalue weighted by Gasteiger charge is -2.23. The lowest BCUT2D eigenvalue weighted by Crippen LogP contribution is -2.27. The minimum Gasteiger partial charge on any atom is -0.398 e. The molecule has 0 amide bonds. The van der Waals surface area contributed by atoms with Crippen LogP contribution in [0, 0.1) is 5.82 Å². The minimum absolute atomic E-state index is 0.205. The summed E-state index contributed by atoms with van der Waals surface area (Å²) in [5.41, 5.74) is 7.49. The normalized spacial score (nSPS) is 20.6. The largest absolute Gasteiger partial charge is 0.398 e. The second-order valence-electron chi connectivity index (χ2n) is 5.48.